The molecule has 3 heterocycles. The number of anilines is 2. The van der Waals surface area contributed by atoms with E-state index in [1.54, 1.807) is 0 Å². The molecule has 7 nitrogen and oxygen atoms in total. The van der Waals surface area contributed by atoms with Crippen molar-refractivity contribution in [1.82, 2.24) is 19.9 Å². The molecule has 33 heavy (non-hydrogen) atoms. The molecule has 0 unspecified atom stereocenters. The second-order valence-corrected chi connectivity index (χ2v) is 8.62. The molecular weight excluding hydrogens is 433 g/mol. The van der Waals surface area contributed by atoms with Crippen LogP contribution in [-0.2, 0) is 6.54 Å². The van der Waals surface area contributed by atoms with E-state index in [1.807, 2.05) is 13.0 Å². The number of fused-ring (bicyclic) bond motifs is 1. The van der Waals surface area contributed by atoms with Crippen molar-refractivity contribution in [1.29, 1.82) is 0 Å². The summed E-state index contributed by atoms with van der Waals surface area (Å²) in [7, 11) is 0. The summed E-state index contributed by atoms with van der Waals surface area (Å²) in [5, 5.41) is 0. The number of halogens is 3. The van der Waals surface area contributed by atoms with Gasteiger partial charge in [-0.3, -0.25) is 9.88 Å². The van der Waals surface area contributed by atoms with Gasteiger partial charge in [-0.2, -0.15) is 8.78 Å². The van der Waals surface area contributed by atoms with Crippen molar-refractivity contribution < 1.29 is 17.9 Å². The first-order valence-corrected chi connectivity index (χ1v) is 11.0. The predicted octanol–water partition coefficient (Wildman–Crippen LogP) is 3.86. The van der Waals surface area contributed by atoms with E-state index in [0.29, 0.717) is 55.8 Å². The number of benzene rings is 1. The molecule has 1 saturated heterocycles. The number of rotatable bonds is 6. The molecule has 5 rings (SSSR count). The van der Waals surface area contributed by atoms with Gasteiger partial charge in [-0.05, 0) is 31.9 Å². The van der Waals surface area contributed by atoms with Crippen molar-refractivity contribution in [3.63, 3.8) is 0 Å². The Morgan fingerprint density at radius 1 is 1.09 bits per heavy atom. The van der Waals surface area contributed by atoms with Crippen LogP contribution in [0, 0.1) is 12.7 Å². The van der Waals surface area contributed by atoms with E-state index in [4.69, 9.17) is 10.7 Å². The molecule has 0 atom stereocenters. The van der Waals surface area contributed by atoms with Gasteiger partial charge in [-0.25, -0.2) is 14.4 Å². The number of pyridine rings is 1. The molecule has 0 radical (unpaired) electrons. The standard InChI is InChI=1S/C23H25F3N6O/c1-13-10-18-20(19(28-13)14-2-3-14)30-21(27)22(29-18)32-8-6-31(7-9-32)12-15-4-5-16(11-17(15)24)33-23(25)26/h4-5,10-11,14,23H,2-3,6-9,12H2,1H3,(H2,27,30). The summed E-state index contributed by atoms with van der Waals surface area (Å²) in [6, 6.07) is 5.78. The van der Waals surface area contributed by atoms with E-state index in [-0.39, 0.29) is 5.75 Å². The minimum Gasteiger partial charge on any atom is -0.435 e. The molecule has 3 aromatic rings. The maximum Gasteiger partial charge on any atom is 0.387 e. The number of alkyl halides is 2. The normalized spacial score (nSPS) is 17.2. The fourth-order valence-corrected chi connectivity index (χ4v) is 4.28. The van der Waals surface area contributed by atoms with Crippen molar-refractivity contribution >= 4 is 22.7 Å². The molecule has 1 aromatic carbocycles. The highest BCUT2D eigenvalue weighted by Gasteiger charge is 2.29. The molecule has 0 bridgehead atoms. The lowest BCUT2D eigenvalue weighted by Crippen LogP contribution is -2.46. The molecule has 174 valence electrons. The van der Waals surface area contributed by atoms with Gasteiger partial charge in [-0.1, -0.05) is 6.07 Å². The highest BCUT2D eigenvalue weighted by molar-refractivity contribution is 5.82. The summed E-state index contributed by atoms with van der Waals surface area (Å²) in [5.41, 5.74) is 10.3. The number of aromatic nitrogens is 3. The number of nitrogens with zero attached hydrogens (tertiary/aromatic N) is 5. The van der Waals surface area contributed by atoms with Crippen LogP contribution in [-0.4, -0.2) is 52.6 Å². The van der Waals surface area contributed by atoms with Crippen LogP contribution in [0.5, 0.6) is 5.75 Å². The van der Waals surface area contributed by atoms with Crippen molar-refractivity contribution in [2.75, 3.05) is 36.8 Å². The van der Waals surface area contributed by atoms with Crippen LogP contribution in [0.2, 0.25) is 0 Å². The lowest BCUT2D eigenvalue weighted by molar-refractivity contribution is -0.0500. The van der Waals surface area contributed by atoms with E-state index in [0.717, 1.165) is 41.3 Å². The molecule has 1 aliphatic heterocycles. The molecule has 1 saturated carbocycles. The Morgan fingerprint density at radius 3 is 2.52 bits per heavy atom. The van der Waals surface area contributed by atoms with Crippen LogP contribution >= 0.6 is 0 Å². The molecule has 2 aromatic heterocycles. The van der Waals surface area contributed by atoms with Crippen molar-refractivity contribution in [2.45, 2.75) is 38.8 Å². The van der Waals surface area contributed by atoms with E-state index < -0.39 is 12.4 Å². The molecule has 2 aliphatic rings. The second kappa shape index (κ2) is 8.66. The van der Waals surface area contributed by atoms with Crippen molar-refractivity contribution in [3.8, 4) is 5.75 Å². The van der Waals surface area contributed by atoms with Crippen LogP contribution in [0.25, 0.3) is 11.0 Å². The minimum atomic E-state index is -2.98. The van der Waals surface area contributed by atoms with Crippen LogP contribution in [0.4, 0.5) is 24.8 Å². The van der Waals surface area contributed by atoms with E-state index >= 15 is 0 Å². The van der Waals surface area contributed by atoms with E-state index in [2.05, 4.69) is 24.5 Å². The Kier molecular flexibility index (Phi) is 5.69. The SMILES string of the molecule is Cc1cc2nc(N3CCN(Cc4ccc(OC(F)F)cc4F)CC3)c(N)nc2c(C2CC2)n1. The molecule has 0 spiro atoms. The number of aryl methyl sites for hydroxylation is 1. The topological polar surface area (TPSA) is 80.4 Å². The first kappa shape index (κ1) is 21.7. The van der Waals surface area contributed by atoms with E-state index in [9.17, 15) is 13.2 Å². The van der Waals surface area contributed by atoms with Gasteiger partial charge in [0.2, 0.25) is 0 Å². The Morgan fingerprint density at radius 2 is 1.85 bits per heavy atom. The summed E-state index contributed by atoms with van der Waals surface area (Å²) in [4.78, 5) is 18.4. The smallest absolute Gasteiger partial charge is 0.387 e. The van der Waals surface area contributed by atoms with Gasteiger partial charge in [-0.15, -0.1) is 0 Å². The highest BCUT2D eigenvalue weighted by atomic mass is 19.3. The summed E-state index contributed by atoms with van der Waals surface area (Å²) < 4.78 is 43.2. The summed E-state index contributed by atoms with van der Waals surface area (Å²) in [5.74, 6) is 0.762. The van der Waals surface area contributed by atoms with Gasteiger partial charge in [0, 0.05) is 56.0 Å². The number of ether oxygens (including phenoxy) is 1. The average Bonchev–Trinajstić information content (AvgIpc) is 3.61. The third kappa shape index (κ3) is 4.66. The number of hydrogen-bond donors (Lipinski definition) is 1. The zero-order valence-electron chi connectivity index (χ0n) is 18.3. The first-order chi connectivity index (χ1) is 15.9. The van der Waals surface area contributed by atoms with Crippen molar-refractivity contribution in [3.05, 3.63) is 47.0 Å². The van der Waals surface area contributed by atoms with Gasteiger partial charge in [0.15, 0.2) is 11.6 Å². The third-order valence-electron chi connectivity index (χ3n) is 6.09. The maximum atomic E-state index is 14.3. The molecule has 2 N–H and O–H groups in total. The van der Waals surface area contributed by atoms with Gasteiger partial charge in [0.1, 0.15) is 17.1 Å². The number of hydrogen-bond acceptors (Lipinski definition) is 7. The minimum absolute atomic E-state index is 0.184. The summed E-state index contributed by atoms with van der Waals surface area (Å²) >= 11 is 0. The lowest BCUT2D eigenvalue weighted by Gasteiger charge is -2.35. The highest BCUT2D eigenvalue weighted by Crippen LogP contribution is 2.42. The average molecular weight is 458 g/mol. The fourth-order valence-electron chi connectivity index (χ4n) is 4.28. The van der Waals surface area contributed by atoms with Crippen LogP contribution in [0.3, 0.4) is 0 Å². The number of nitrogens with two attached hydrogens (primary N) is 1. The Bertz CT molecular complexity index is 1180. The molecule has 0 amide bonds. The van der Waals surface area contributed by atoms with Crippen LogP contribution < -0.4 is 15.4 Å². The van der Waals surface area contributed by atoms with Gasteiger partial charge in [0.05, 0.1) is 11.2 Å². The summed E-state index contributed by atoms with van der Waals surface area (Å²) in [6.45, 7) is 2.05. The van der Waals surface area contributed by atoms with Crippen LogP contribution in [0.15, 0.2) is 24.3 Å². The van der Waals surface area contributed by atoms with Gasteiger partial charge in [0.25, 0.3) is 0 Å². The van der Waals surface area contributed by atoms with Crippen LogP contribution in [0.1, 0.15) is 35.7 Å². The number of nitrogen functional groups attached to an aromatic ring is 1. The lowest BCUT2D eigenvalue weighted by atomic mass is 10.1. The molecule has 2 fully saturated rings. The largest absolute Gasteiger partial charge is 0.435 e. The summed E-state index contributed by atoms with van der Waals surface area (Å²) in [6.07, 6.45) is 2.25. The fraction of sp³-hybridized carbons (Fsp3) is 0.435. The molecule has 10 heteroatoms. The predicted molar refractivity (Wildman–Crippen MR) is 119 cm³/mol. The number of piperazine rings is 1. The Hall–Kier alpha value is -3.14. The molecular formula is C23H25F3N6O. The zero-order chi connectivity index (χ0) is 23.1. The monoisotopic (exact) mass is 458 g/mol. The molecule has 1 aliphatic carbocycles. The van der Waals surface area contributed by atoms with E-state index in [1.165, 1.54) is 12.1 Å². The Balaban J connectivity index is 1.28. The Labute approximate surface area is 189 Å². The maximum absolute atomic E-state index is 14.3. The van der Waals surface area contributed by atoms with Gasteiger partial charge < -0.3 is 15.4 Å². The first-order valence-electron chi connectivity index (χ1n) is 11.0. The third-order valence-corrected chi connectivity index (χ3v) is 6.09. The van der Waals surface area contributed by atoms with Crippen molar-refractivity contribution in [2.24, 2.45) is 0 Å². The zero-order valence-corrected chi connectivity index (χ0v) is 18.3. The quantitative estimate of drug-likeness (QED) is 0.601. The van der Waals surface area contributed by atoms with Gasteiger partial charge >= 0.3 is 6.61 Å². The second-order valence-electron chi connectivity index (χ2n) is 8.62.